The third kappa shape index (κ3) is 3.45. The van der Waals surface area contributed by atoms with Gasteiger partial charge in [-0.1, -0.05) is 29.8 Å². The monoisotopic (exact) mass is 277 g/mol. The second-order valence-electron chi connectivity index (χ2n) is 3.92. The molecule has 98 valence electrons. The number of halogens is 1. The van der Waals surface area contributed by atoms with Crippen LogP contribution in [0.25, 0.3) is 0 Å². The van der Waals surface area contributed by atoms with Gasteiger partial charge in [0.15, 0.2) is 0 Å². The van der Waals surface area contributed by atoms with Gasteiger partial charge in [-0.05, 0) is 23.8 Å². The molecular formula is C14H12ClNO3. The summed E-state index contributed by atoms with van der Waals surface area (Å²) >= 11 is 5.95. The van der Waals surface area contributed by atoms with Gasteiger partial charge in [0, 0.05) is 12.4 Å². The Morgan fingerprint density at radius 3 is 2.74 bits per heavy atom. The zero-order chi connectivity index (χ0) is 13.7. The molecule has 0 saturated heterocycles. The van der Waals surface area contributed by atoms with Crippen molar-refractivity contribution in [2.24, 2.45) is 0 Å². The summed E-state index contributed by atoms with van der Waals surface area (Å²) in [5.74, 6) is -1.26. The van der Waals surface area contributed by atoms with Gasteiger partial charge in [-0.3, -0.25) is 9.78 Å². The minimum atomic E-state index is -0.958. The highest BCUT2D eigenvalue weighted by Crippen LogP contribution is 2.25. The van der Waals surface area contributed by atoms with Crippen LogP contribution in [-0.2, 0) is 4.79 Å². The molecule has 0 bridgehead atoms. The van der Waals surface area contributed by atoms with Gasteiger partial charge in [-0.15, -0.1) is 0 Å². The van der Waals surface area contributed by atoms with Crippen molar-refractivity contribution in [1.82, 2.24) is 4.98 Å². The summed E-state index contributed by atoms with van der Waals surface area (Å²) in [6.07, 6.45) is 3.12. The van der Waals surface area contributed by atoms with E-state index in [1.54, 1.807) is 42.6 Å². The van der Waals surface area contributed by atoms with Gasteiger partial charge in [0.05, 0.1) is 5.02 Å². The Morgan fingerprint density at radius 1 is 1.32 bits per heavy atom. The first-order chi connectivity index (χ1) is 9.18. The van der Waals surface area contributed by atoms with E-state index in [1.807, 2.05) is 0 Å². The third-order valence-electron chi connectivity index (χ3n) is 2.63. The number of aliphatic carboxylic acids is 1. The van der Waals surface area contributed by atoms with Crippen LogP contribution >= 0.6 is 11.6 Å². The zero-order valence-electron chi connectivity index (χ0n) is 9.99. The number of hydrogen-bond acceptors (Lipinski definition) is 3. The van der Waals surface area contributed by atoms with Crippen LogP contribution in [-0.4, -0.2) is 22.7 Å². The topological polar surface area (TPSA) is 59.4 Å². The number of para-hydroxylation sites is 1. The largest absolute Gasteiger partial charge is 0.491 e. The molecule has 2 aromatic rings. The van der Waals surface area contributed by atoms with Crippen LogP contribution in [0, 0.1) is 0 Å². The van der Waals surface area contributed by atoms with Crippen LogP contribution in [0.3, 0.4) is 0 Å². The summed E-state index contributed by atoms with van der Waals surface area (Å²) in [4.78, 5) is 15.2. The lowest BCUT2D eigenvalue weighted by atomic mass is 10.0. The Balaban J connectivity index is 2.11. The number of hydrogen-bond donors (Lipinski definition) is 1. The maximum Gasteiger partial charge on any atom is 0.314 e. The molecule has 0 spiro atoms. The second kappa shape index (κ2) is 6.20. The molecule has 1 unspecified atom stereocenters. The first-order valence-electron chi connectivity index (χ1n) is 5.68. The van der Waals surface area contributed by atoms with Gasteiger partial charge in [-0.25, -0.2) is 0 Å². The Morgan fingerprint density at radius 2 is 2.11 bits per heavy atom. The van der Waals surface area contributed by atoms with E-state index >= 15 is 0 Å². The predicted molar refractivity (Wildman–Crippen MR) is 71.6 cm³/mol. The molecule has 0 aliphatic heterocycles. The Hall–Kier alpha value is -2.07. The van der Waals surface area contributed by atoms with Gasteiger partial charge < -0.3 is 9.84 Å². The molecule has 0 saturated carbocycles. The molecule has 4 nitrogen and oxygen atoms in total. The minimum Gasteiger partial charge on any atom is -0.491 e. The quantitative estimate of drug-likeness (QED) is 0.913. The summed E-state index contributed by atoms with van der Waals surface area (Å²) in [7, 11) is 0. The van der Waals surface area contributed by atoms with Crippen molar-refractivity contribution in [3.8, 4) is 5.75 Å². The van der Waals surface area contributed by atoms with Crippen LogP contribution in [0.5, 0.6) is 5.75 Å². The van der Waals surface area contributed by atoms with Gasteiger partial charge in [0.25, 0.3) is 0 Å². The molecular weight excluding hydrogens is 266 g/mol. The van der Waals surface area contributed by atoms with Crippen LogP contribution < -0.4 is 4.74 Å². The standard InChI is InChI=1S/C14H12ClNO3/c15-12-5-1-2-6-13(12)19-9-11(14(17)18)10-4-3-7-16-8-10/h1-8,11H,9H2,(H,17,18). The number of carboxylic acids is 1. The first kappa shape index (κ1) is 13.4. The molecule has 1 N–H and O–H groups in total. The number of pyridine rings is 1. The molecule has 0 aliphatic carbocycles. The summed E-state index contributed by atoms with van der Waals surface area (Å²) < 4.78 is 5.47. The Labute approximate surface area is 115 Å². The molecule has 0 fully saturated rings. The average Bonchev–Trinajstić information content (AvgIpc) is 2.42. The lowest BCUT2D eigenvalue weighted by Gasteiger charge is -2.14. The van der Waals surface area contributed by atoms with E-state index in [2.05, 4.69) is 4.98 Å². The molecule has 19 heavy (non-hydrogen) atoms. The highest BCUT2D eigenvalue weighted by molar-refractivity contribution is 6.32. The van der Waals surface area contributed by atoms with E-state index < -0.39 is 11.9 Å². The first-order valence-corrected chi connectivity index (χ1v) is 6.06. The van der Waals surface area contributed by atoms with Crippen LogP contribution in [0.4, 0.5) is 0 Å². The van der Waals surface area contributed by atoms with E-state index in [1.165, 1.54) is 6.20 Å². The minimum absolute atomic E-state index is 0.00472. The van der Waals surface area contributed by atoms with Gasteiger partial charge in [-0.2, -0.15) is 0 Å². The van der Waals surface area contributed by atoms with Crippen molar-refractivity contribution in [2.75, 3.05) is 6.61 Å². The Kier molecular flexibility index (Phi) is 4.36. The summed E-state index contributed by atoms with van der Waals surface area (Å²) in [6, 6.07) is 10.4. The number of aromatic nitrogens is 1. The SMILES string of the molecule is O=C(O)C(COc1ccccc1Cl)c1cccnc1. The van der Waals surface area contributed by atoms with E-state index in [4.69, 9.17) is 16.3 Å². The predicted octanol–water partition coefficient (Wildman–Crippen LogP) is 2.98. The summed E-state index contributed by atoms with van der Waals surface area (Å²) in [6.45, 7) is 0.00472. The molecule has 5 heteroatoms. The van der Waals surface area contributed by atoms with Crippen LogP contribution in [0.2, 0.25) is 5.02 Å². The van der Waals surface area contributed by atoms with Crippen LogP contribution in [0.15, 0.2) is 48.8 Å². The van der Waals surface area contributed by atoms with Crippen molar-refractivity contribution in [2.45, 2.75) is 5.92 Å². The van der Waals surface area contributed by atoms with Crippen LogP contribution in [0.1, 0.15) is 11.5 Å². The maximum absolute atomic E-state index is 11.3. The van der Waals surface area contributed by atoms with Crippen molar-refractivity contribution in [1.29, 1.82) is 0 Å². The number of rotatable bonds is 5. The lowest BCUT2D eigenvalue weighted by molar-refractivity contribution is -0.139. The van der Waals surface area contributed by atoms with Crippen molar-refractivity contribution in [3.05, 3.63) is 59.4 Å². The highest BCUT2D eigenvalue weighted by Gasteiger charge is 2.21. The molecule has 1 aromatic carbocycles. The molecule has 1 heterocycles. The fourth-order valence-electron chi connectivity index (χ4n) is 1.63. The van der Waals surface area contributed by atoms with Gasteiger partial charge >= 0.3 is 5.97 Å². The highest BCUT2D eigenvalue weighted by atomic mass is 35.5. The van der Waals surface area contributed by atoms with Gasteiger partial charge in [0.1, 0.15) is 18.3 Å². The number of carboxylic acid groups (broad SMARTS) is 1. The fourth-order valence-corrected chi connectivity index (χ4v) is 1.82. The summed E-state index contributed by atoms with van der Waals surface area (Å²) in [5.41, 5.74) is 0.599. The molecule has 1 aromatic heterocycles. The zero-order valence-corrected chi connectivity index (χ0v) is 10.7. The van der Waals surface area contributed by atoms with E-state index in [0.717, 1.165) is 0 Å². The van der Waals surface area contributed by atoms with E-state index in [-0.39, 0.29) is 6.61 Å². The Bertz CT molecular complexity index is 560. The fraction of sp³-hybridized carbons (Fsp3) is 0.143. The third-order valence-corrected chi connectivity index (χ3v) is 2.94. The summed E-state index contributed by atoms with van der Waals surface area (Å²) in [5, 5.41) is 9.69. The molecule has 0 amide bonds. The number of ether oxygens (including phenoxy) is 1. The molecule has 0 aliphatic rings. The van der Waals surface area contributed by atoms with E-state index in [9.17, 15) is 9.90 Å². The second-order valence-corrected chi connectivity index (χ2v) is 4.33. The number of benzene rings is 1. The molecule has 0 radical (unpaired) electrons. The molecule has 2 rings (SSSR count). The average molecular weight is 278 g/mol. The van der Waals surface area contributed by atoms with E-state index in [0.29, 0.717) is 16.3 Å². The lowest BCUT2D eigenvalue weighted by Crippen LogP contribution is -2.19. The molecule has 1 atom stereocenters. The van der Waals surface area contributed by atoms with Crippen molar-refractivity contribution >= 4 is 17.6 Å². The normalized spacial score (nSPS) is 11.8. The van der Waals surface area contributed by atoms with Gasteiger partial charge in [0.2, 0.25) is 0 Å². The smallest absolute Gasteiger partial charge is 0.314 e. The van der Waals surface area contributed by atoms with Crippen molar-refractivity contribution in [3.63, 3.8) is 0 Å². The number of carbonyl (C=O) groups is 1. The van der Waals surface area contributed by atoms with Crippen molar-refractivity contribution < 1.29 is 14.6 Å². The number of nitrogens with zero attached hydrogens (tertiary/aromatic N) is 1. The maximum atomic E-state index is 11.3.